The lowest BCUT2D eigenvalue weighted by Gasteiger charge is -2.22. The first-order valence-corrected chi connectivity index (χ1v) is 7.22. The Labute approximate surface area is 114 Å². The summed E-state index contributed by atoms with van der Waals surface area (Å²) in [6, 6.07) is 2.11. The van der Waals surface area contributed by atoms with E-state index in [4.69, 9.17) is 4.98 Å². The Morgan fingerprint density at radius 1 is 1.42 bits per heavy atom. The van der Waals surface area contributed by atoms with Gasteiger partial charge in [-0.2, -0.15) is 5.10 Å². The number of rotatable bonds is 2. The van der Waals surface area contributed by atoms with Crippen LogP contribution in [-0.2, 0) is 13.0 Å². The highest BCUT2D eigenvalue weighted by Gasteiger charge is 2.26. The van der Waals surface area contributed by atoms with Gasteiger partial charge >= 0.3 is 0 Å². The maximum atomic E-state index is 4.84. The van der Waals surface area contributed by atoms with Crippen LogP contribution in [0.3, 0.4) is 0 Å². The van der Waals surface area contributed by atoms with Crippen molar-refractivity contribution in [2.45, 2.75) is 53.0 Å². The van der Waals surface area contributed by atoms with Gasteiger partial charge in [0.1, 0.15) is 5.69 Å². The SMILES string of the molecule is CCn1nc(C)cc1-c1nc2c([nH]1)CC(C)CC2C. The lowest BCUT2D eigenvalue weighted by atomic mass is 9.84. The van der Waals surface area contributed by atoms with Gasteiger partial charge in [-0.05, 0) is 38.7 Å². The third-order valence-corrected chi connectivity index (χ3v) is 4.03. The maximum Gasteiger partial charge on any atom is 0.156 e. The Bertz CT molecular complexity index is 593. The van der Waals surface area contributed by atoms with Crippen LogP contribution in [0.2, 0.25) is 0 Å². The minimum atomic E-state index is 0.558. The zero-order valence-corrected chi connectivity index (χ0v) is 12.2. The molecule has 1 aliphatic carbocycles. The second-order valence-corrected chi connectivity index (χ2v) is 5.88. The third-order valence-electron chi connectivity index (χ3n) is 4.03. The van der Waals surface area contributed by atoms with Crippen molar-refractivity contribution < 1.29 is 0 Å². The molecule has 0 aromatic carbocycles. The molecule has 19 heavy (non-hydrogen) atoms. The first kappa shape index (κ1) is 12.5. The average molecular weight is 258 g/mol. The summed E-state index contributed by atoms with van der Waals surface area (Å²) in [4.78, 5) is 8.37. The van der Waals surface area contributed by atoms with E-state index in [1.807, 2.05) is 11.6 Å². The van der Waals surface area contributed by atoms with E-state index in [0.717, 1.165) is 36.1 Å². The van der Waals surface area contributed by atoms with E-state index in [1.165, 1.54) is 17.8 Å². The van der Waals surface area contributed by atoms with Crippen LogP contribution in [0.4, 0.5) is 0 Å². The van der Waals surface area contributed by atoms with Crippen molar-refractivity contribution in [2.75, 3.05) is 0 Å². The van der Waals surface area contributed by atoms with Gasteiger partial charge in [0.2, 0.25) is 0 Å². The molecular weight excluding hydrogens is 236 g/mol. The minimum absolute atomic E-state index is 0.558. The van der Waals surface area contributed by atoms with Crippen LogP contribution in [0, 0.1) is 12.8 Å². The van der Waals surface area contributed by atoms with Gasteiger partial charge in [-0.1, -0.05) is 13.8 Å². The molecule has 102 valence electrons. The number of imidazole rings is 1. The number of aromatic nitrogens is 4. The molecule has 1 aliphatic rings. The van der Waals surface area contributed by atoms with Crippen molar-refractivity contribution in [3.05, 3.63) is 23.1 Å². The lowest BCUT2D eigenvalue weighted by Crippen LogP contribution is -2.14. The summed E-state index contributed by atoms with van der Waals surface area (Å²) in [7, 11) is 0. The molecule has 0 spiro atoms. The minimum Gasteiger partial charge on any atom is -0.340 e. The monoisotopic (exact) mass is 258 g/mol. The van der Waals surface area contributed by atoms with Gasteiger partial charge in [-0.25, -0.2) is 4.98 Å². The second kappa shape index (κ2) is 4.51. The maximum absolute atomic E-state index is 4.84. The zero-order chi connectivity index (χ0) is 13.6. The van der Waals surface area contributed by atoms with Crippen molar-refractivity contribution in [3.8, 4) is 11.5 Å². The van der Waals surface area contributed by atoms with E-state index in [9.17, 15) is 0 Å². The van der Waals surface area contributed by atoms with Crippen molar-refractivity contribution >= 4 is 0 Å². The zero-order valence-electron chi connectivity index (χ0n) is 12.2. The van der Waals surface area contributed by atoms with E-state index in [0.29, 0.717) is 5.92 Å². The predicted molar refractivity (Wildman–Crippen MR) is 76.1 cm³/mol. The molecule has 0 radical (unpaired) electrons. The molecule has 3 rings (SSSR count). The molecule has 1 N–H and O–H groups in total. The summed E-state index contributed by atoms with van der Waals surface area (Å²) in [6.07, 6.45) is 2.36. The predicted octanol–water partition coefficient (Wildman–Crippen LogP) is 3.29. The number of hydrogen-bond acceptors (Lipinski definition) is 2. The van der Waals surface area contributed by atoms with Crippen molar-refractivity contribution in [3.63, 3.8) is 0 Å². The van der Waals surface area contributed by atoms with Crippen LogP contribution >= 0.6 is 0 Å². The summed E-state index contributed by atoms with van der Waals surface area (Å²) >= 11 is 0. The largest absolute Gasteiger partial charge is 0.340 e. The number of aryl methyl sites for hydroxylation is 2. The summed E-state index contributed by atoms with van der Waals surface area (Å²) < 4.78 is 2.02. The van der Waals surface area contributed by atoms with Gasteiger partial charge in [-0.15, -0.1) is 0 Å². The molecule has 2 unspecified atom stereocenters. The van der Waals surface area contributed by atoms with E-state index >= 15 is 0 Å². The molecule has 0 amide bonds. The number of hydrogen-bond donors (Lipinski definition) is 1. The standard InChI is InChI=1S/C15H22N4/c1-5-19-13(8-11(4)18-19)15-16-12-7-9(2)6-10(3)14(12)17-15/h8-10H,5-7H2,1-4H3,(H,16,17). The molecule has 0 saturated heterocycles. The topological polar surface area (TPSA) is 46.5 Å². The summed E-state index contributed by atoms with van der Waals surface area (Å²) in [6.45, 7) is 9.62. The quantitative estimate of drug-likeness (QED) is 0.898. The molecule has 2 aromatic heterocycles. The highest BCUT2D eigenvalue weighted by molar-refractivity contribution is 5.52. The summed E-state index contributed by atoms with van der Waals surface area (Å²) in [5, 5.41) is 4.50. The van der Waals surface area contributed by atoms with Crippen LogP contribution in [0.15, 0.2) is 6.07 Å². The Hall–Kier alpha value is -1.58. The Morgan fingerprint density at radius 2 is 2.21 bits per heavy atom. The van der Waals surface area contributed by atoms with Crippen molar-refractivity contribution in [1.82, 2.24) is 19.7 Å². The molecule has 2 aromatic rings. The van der Waals surface area contributed by atoms with Crippen LogP contribution in [-0.4, -0.2) is 19.7 Å². The molecule has 2 heterocycles. The van der Waals surface area contributed by atoms with Gasteiger partial charge < -0.3 is 4.98 Å². The fraction of sp³-hybridized carbons (Fsp3) is 0.600. The number of H-pyrrole nitrogens is 1. The van der Waals surface area contributed by atoms with Gasteiger partial charge in [0.15, 0.2) is 5.82 Å². The van der Waals surface area contributed by atoms with E-state index < -0.39 is 0 Å². The number of nitrogens with zero attached hydrogens (tertiary/aromatic N) is 3. The molecule has 2 atom stereocenters. The van der Waals surface area contributed by atoms with Crippen LogP contribution in [0.5, 0.6) is 0 Å². The Kier molecular flexibility index (Phi) is 2.96. The van der Waals surface area contributed by atoms with Gasteiger partial charge in [-0.3, -0.25) is 4.68 Å². The smallest absolute Gasteiger partial charge is 0.156 e. The van der Waals surface area contributed by atoms with Gasteiger partial charge in [0.25, 0.3) is 0 Å². The number of nitrogens with one attached hydrogen (secondary N) is 1. The van der Waals surface area contributed by atoms with Gasteiger partial charge in [0, 0.05) is 18.2 Å². The molecule has 4 heteroatoms. The van der Waals surface area contributed by atoms with E-state index in [-0.39, 0.29) is 0 Å². The van der Waals surface area contributed by atoms with Crippen molar-refractivity contribution in [1.29, 1.82) is 0 Å². The van der Waals surface area contributed by atoms with Crippen LogP contribution in [0.1, 0.15) is 50.2 Å². The Balaban J connectivity index is 2.05. The third kappa shape index (κ3) is 2.09. The highest BCUT2D eigenvalue weighted by Crippen LogP contribution is 2.34. The van der Waals surface area contributed by atoms with Crippen LogP contribution in [0.25, 0.3) is 11.5 Å². The van der Waals surface area contributed by atoms with E-state index in [1.54, 1.807) is 0 Å². The van der Waals surface area contributed by atoms with Crippen LogP contribution < -0.4 is 0 Å². The normalized spacial score (nSPS) is 22.5. The molecule has 0 saturated carbocycles. The highest BCUT2D eigenvalue weighted by atomic mass is 15.3. The van der Waals surface area contributed by atoms with E-state index in [2.05, 4.69) is 36.9 Å². The Morgan fingerprint density at radius 3 is 2.95 bits per heavy atom. The molecule has 4 nitrogen and oxygen atoms in total. The summed E-state index contributed by atoms with van der Waals surface area (Å²) in [5.41, 5.74) is 4.74. The molecule has 0 bridgehead atoms. The average Bonchev–Trinajstić information content (AvgIpc) is 2.91. The summed E-state index contributed by atoms with van der Waals surface area (Å²) in [5.74, 6) is 2.28. The van der Waals surface area contributed by atoms with Gasteiger partial charge in [0.05, 0.1) is 11.4 Å². The first-order valence-electron chi connectivity index (χ1n) is 7.22. The first-order chi connectivity index (χ1) is 9.08. The number of fused-ring (bicyclic) bond motifs is 1. The molecule has 0 aliphatic heterocycles. The van der Waals surface area contributed by atoms with Crippen molar-refractivity contribution in [2.24, 2.45) is 5.92 Å². The number of aromatic amines is 1. The molecule has 0 fully saturated rings. The fourth-order valence-electron chi connectivity index (χ4n) is 3.23. The molecular formula is C15H22N4. The second-order valence-electron chi connectivity index (χ2n) is 5.88. The lowest BCUT2D eigenvalue weighted by molar-refractivity contribution is 0.440. The fourth-order valence-corrected chi connectivity index (χ4v) is 3.23.